The van der Waals surface area contributed by atoms with E-state index >= 15 is 0 Å². The molecule has 1 aromatic heterocycles. The van der Waals surface area contributed by atoms with Crippen molar-refractivity contribution in [3.8, 4) is 5.88 Å². The van der Waals surface area contributed by atoms with E-state index in [1.807, 2.05) is 26.8 Å². The summed E-state index contributed by atoms with van der Waals surface area (Å²) in [4.78, 5) is 18.7. The van der Waals surface area contributed by atoms with Gasteiger partial charge in [0.05, 0.1) is 19.0 Å². The fourth-order valence-corrected chi connectivity index (χ4v) is 3.35. The number of aromatic nitrogens is 1. The molecule has 1 amide bonds. The fraction of sp³-hybridized carbons (Fsp3) is 0.667. The summed E-state index contributed by atoms with van der Waals surface area (Å²) in [6.07, 6.45) is 3.48. The van der Waals surface area contributed by atoms with E-state index < -0.39 is 11.7 Å². The average Bonchev–Trinajstić information content (AvgIpc) is 2.51. The van der Waals surface area contributed by atoms with Crippen molar-refractivity contribution in [2.24, 2.45) is 5.41 Å². The van der Waals surface area contributed by atoms with Crippen molar-refractivity contribution in [2.45, 2.75) is 39.2 Å². The molecular weight excluding hydrogens is 322 g/mol. The Morgan fingerprint density at radius 3 is 2.60 bits per heavy atom. The van der Waals surface area contributed by atoms with Crippen LogP contribution in [0.4, 0.5) is 16.2 Å². The summed E-state index contributed by atoms with van der Waals surface area (Å²) in [5, 5.41) is 2.74. The van der Waals surface area contributed by atoms with Crippen LogP contribution in [0.25, 0.3) is 0 Å². The maximum Gasteiger partial charge on any atom is 0.412 e. The zero-order valence-corrected chi connectivity index (χ0v) is 15.4. The number of amides is 1. The summed E-state index contributed by atoms with van der Waals surface area (Å²) >= 11 is 0. The third kappa shape index (κ3) is 4.15. The van der Waals surface area contributed by atoms with Gasteiger partial charge in [-0.2, -0.15) is 0 Å². The van der Waals surface area contributed by atoms with Crippen molar-refractivity contribution >= 4 is 17.5 Å². The summed E-state index contributed by atoms with van der Waals surface area (Å²) in [5.74, 6) is 0.371. The van der Waals surface area contributed by atoms with Gasteiger partial charge in [0.15, 0.2) is 0 Å². The van der Waals surface area contributed by atoms with Crippen molar-refractivity contribution in [3.63, 3.8) is 0 Å². The second-order valence-electron chi connectivity index (χ2n) is 7.85. The molecule has 3 heterocycles. The summed E-state index contributed by atoms with van der Waals surface area (Å²) in [6.45, 7) is 9.16. The lowest BCUT2D eigenvalue weighted by Gasteiger charge is -2.53. The zero-order chi connectivity index (χ0) is 18.1. The van der Waals surface area contributed by atoms with Crippen LogP contribution in [0.15, 0.2) is 12.3 Å². The standard InChI is InChI=1S/C18H27N3O4/c1-17(2,3)25-16(22)20-14-9-13(10-19-15(14)23-4)21-11-18(12-21)5-7-24-8-6-18/h9-10H,5-8,11-12H2,1-4H3,(H,20,22). The van der Waals surface area contributed by atoms with E-state index in [4.69, 9.17) is 14.2 Å². The first-order valence-corrected chi connectivity index (χ1v) is 8.67. The van der Waals surface area contributed by atoms with E-state index in [0.717, 1.165) is 44.8 Å². The molecule has 2 aliphatic rings. The van der Waals surface area contributed by atoms with Gasteiger partial charge in [0.1, 0.15) is 11.3 Å². The van der Waals surface area contributed by atoms with E-state index in [9.17, 15) is 4.79 Å². The monoisotopic (exact) mass is 349 g/mol. The van der Waals surface area contributed by atoms with Gasteiger partial charge in [-0.3, -0.25) is 5.32 Å². The van der Waals surface area contributed by atoms with E-state index in [-0.39, 0.29) is 0 Å². The van der Waals surface area contributed by atoms with Gasteiger partial charge in [-0.05, 0) is 39.7 Å². The quantitative estimate of drug-likeness (QED) is 0.904. The number of hydrogen-bond acceptors (Lipinski definition) is 6. The highest BCUT2D eigenvalue weighted by atomic mass is 16.6. The van der Waals surface area contributed by atoms with Crippen LogP contribution in [0, 0.1) is 5.41 Å². The molecule has 2 aliphatic heterocycles. The van der Waals surface area contributed by atoms with Crippen LogP contribution >= 0.6 is 0 Å². The third-order valence-electron chi connectivity index (χ3n) is 4.64. The van der Waals surface area contributed by atoms with Crippen molar-refractivity contribution < 1.29 is 19.0 Å². The largest absolute Gasteiger partial charge is 0.480 e. The molecule has 1 spiro atoms. The van der Waals surface area contributed by atoms with Gasteiger partial charge >= 0.3 is 6.09 Å². The van der Waals surface area contributed by atoms with Crippen molar-refractivity contribution in [1.82, 2.24) is 4.98 Å². The Labute approximate surface area is 148 Å². The van der Waals surface area contributed by atoms with Gasteiger partial charge in [0.25, 0.3) is 0 Å². The maximum atomic E-state index is 12.1. The van der Waals surface area contributed by atoms with Gasteiger partial charge in [-0.1, -0.05) is 0 Å². The number of ether oxygens (including phenoxy) is 3. The van der Waals surface area contributed by atoms with E-state index in [1.54, 1.807) is 6.20 Å². The molecule has 7 nitrogen and oxygen atoms in total. The maximum absolute atomic E-state index is 12.1. The lowest BCUT2D eigenvalue weighted by molar-refractivity contribution is -0.000215. The minimum atomic E-state index is -0.560. The molecule has 7 heteroatoms. The van der Waals surface area contributed by atoms with Crippen LogP contribution in [0.5, 0.6) is 5.88 Å². The molecule has 0 atom stereocenters. The number of carbonyl (C=O) groups is 1. The molecule has 0 unspecified atom stereocenters. The third-order valence-corrected chi connectivity index (χ3v) is 4.64. The highest BCUT2D eigenvalue weighted by Crippen LogP contribution is 2.42. The summed E-state index contributed by atoms with van der Waals surface area (Å²) in [5.41, 5.74) is 1.30. The van der Waals surface area contributed by atoms with Gasteiger partial charge in [0, 0.05) is 31.7 Å². The zero-order valence-electron chi connectivity index (χ0n) is 15.4. The number of anilines is 2. The average molecular weight is 349 g/mol. The molecule has 2 saturated heterocycles. The number of carbonyl (C=O) groups excluding carboxylic acids is 1. The molecule has 0 bridgehead atoms. The smallest absolute Gasteiger partial charge is 0.412 e. The Morgan fingerprint density at radius 1 is 1.32 bits per heavy atom. The summed E-state index contributed by atoms with van der Waals surface area (Å²) in [6, 6.07) is 1.89. The normalized spacial score (nSPS) is 19.3. The number of nitrogens with zero attached hydrogens (tertiary/aromatic N) is 2. The second-order valence-corrected chi connectivity index (χ2v) is 7.85. The highest BCUT2D eigenvalue weighted by molar-refractivity contribution is 5.87. The molecular formula is C18H27N3O4. The molecule has 3 rings (SSSR count). The number of nitrogens with one attached hydrogen (secondary N) is 1. The Kier molecular flexibility index (Phi) is 4.77. The molecule has 1 N–H and O–H groups in total. The number of pyridine rings is 1. The topological polar surface area (TPSA) is 72.9 Å². The van der Waals surface area contributed by atoms with Crippen LogP contribution in [-0.4, -0.2) is 50.1 Å². The van der Waals surface area contributed by atoms with Crippen LogP contribution < -0.4 is 15.0 Å². The summed E-state index contributed by atoms with van der Waals surface area (Å²) in [7, 11) is 1.53. The minimum Gasteiger partial charge on any atom is -0.480 e. The summed E-state index contributed by atoms with van der Waals surface area (Å²) < 4.78 is 16.0. The Hall–Kier alpha value is -2.02. The Morgan fingerprint density at radius 2 is 2.00 bits per heavy atom. The van der Waals surface area contributed by atoms with Gasteiger partial charge < -0.3 is 19.1 Å². The first-order chi connectivity index (χ1) is 11.8. The first kappa shape index (κ1) is 17.8. The fourth-order valence-electron chi connectivity index (χ4n) is 3.35. The van der Waals surface area contributed by atoms with Crippen LogP contribution in [0.1, 0.15) is 33.6 Å². The van der Waals surface area contributed by atoms with Crippen molar-refractivity contribution in [1.29, 1.82) is 0 Å². The lowest BCUT2D eigenvalue weighted by Crippen LogP contribution is -2.58. The highest BCUT2D eigenvalue weighted by Gasteiger charge is 2.44. The SMILES string of the molecule is COc1ncc(N2CC3(CCOCC3)C2)cc1NC(=O)OC(C)(C)C. The van der Waals surface area contributed by atoms with Gasteiger partial charge in [0.2, 0.25) is 5.88 Å². The first-order valence-electron chi connectivity index (χ1n) is 8.67. The number of rotatable bonds is 3. The number of methoxy groups -OCH3 is 1. The molecule has 25 heavy (non-hydrogen) atoms. The molecule has 1 aromatic rings. The number of hydrogen-bond donors (Lipinski definition) is 1. The lowest BCUT2D eigenvalue weighted by atomic mass is 9.73. The molecule has 0 aromatic carbocycles. The molecule has 0 saturated carbocycles. The van der Waals surface area contributed by atoms with Crippen LogP contribution in [0.2, 0.25) is 0 Å². The van der Waals surface area contributed by atoms with Gasteiger partial charge in [-0.15, -0.1) is 0 Å². The Bertz CT molecular complexity index is 628. The van der Waals surface area contributed by atoms with Gasteiger partial charge in [-0.25, -0.2) is 9.78 Å². The van der Waals surface area contributed by atoms with Crippen molar-refractivity contribution in [3.05, 3.63) is 12.3 Å². The Balaban J connectivity index is 1.69. The van der Waals surface area contributed by atoms with E-state index in [0.29, 0.717) is 17.0 Å². The van der Waals surface area contributed by atoms with E-state index in [2.05, 4.69) is 15.2 Å². The van der Waals surface area contributed by atoms with Crippen molar-refractivity contribution in [2.75, 3.05) is 43.6 Å². The molecule has 0 aliphatic carbocycles. The molecule has 138 valence electrons. The predicted octanol–water partition coefficient (Wildman–Crippen LogP) is 3.05. The van der Waals surface area contributed by atoms with Crippen LogP contribution in [0.3, 0.4) is 0 Å². The minimum absolute atomic E-state index is 0.371. The predicted molar refractivity (Wildman–Crippen MR) is 95.3 cm³/mol. The second kappa shape index (κ2) is 6.71. The molecule has 2 fully saturated rings. The van der Waals surface area contributed by atoms with E-state index in [1.165, 1.54) is 7.11 Å². The van der Waals surface area contributed by atoms with Crippen LogP contribution in [-0.2, 0) is 9.47 Å². The molecule has 0 radical (unpaired) electrons.